The Morgan fingerprint density at radius 1 is 1.24 bits per heavy atom. The van der Waals surface area contributed by atoms with Crippen LogP contribution in [0.25, 0.3) is 0 Å². The van der Waals surface area contributed by atoms with E-state index in [4.69, 9.17) is 5.11 Å². The van der Waals surface area contributed by atoms with Gasteiger partial charge in [-0.25, -0.2) is 4.79 Å². The van der Waals surface area contributed by atoms with Gasteiger partial charge in [-0.05, 0) is 30.6 Å². The molecule has 0 aromatic carbocycles. The molecule has 0 aliphatic heterocycles. The van der Waals surface area contributed by atoms with Crippen molar-refractivity contribution in [1.82, 2.24) is 5.32 Å². The first-order valence-electron chi connectivity index (χ1n) is 7.00. The van der Waals surface area contributed by atoms with Crippen LogP contribution in [0.3, 0.4) is 0 Å². The maximum atomic E-state index is 10.6. The van der Waals surface area contributed by atoms with Crippen molar-refractivity contribution in [2.24, 2.45) is 17.8 Å². The topological polar surface area (TPSA) is 49.3 Å². The minimum atomic E-state index is -0.880. The molecule has 2 aliphatic rings. The maximum absolute atomic E-state index is 10.6. The van der Waals surface area contributed by atoms with Gasteiger partial charge in [0.15, 0.2) is 0 Å². The normalized spacial score (nSPS) is 31.4. The summed E-state index contributed by atoms with van der Waals surface area (Å²) in [4.78, 5) is 10.6. The molecule has 0 bridgehead atoms. The molecule has 100 valence electrons. The maximum Gasteiger partial charge on any atom is 0.404 e. The number of hydrogen-bond acceptors (Lipinski definition) is 1. The Labute approximate surface area is 105 Å². The number of rotatable bonds is 2. The molecule has 3 heteroatoms. The van der Waals surface area contributed by atoms with Crippen LogP contribution in [0.4, 0.5) is 4.79 Å². The van der Waals surface area contributed by atoms with Crippen molar-refractivity contribution in [1.29, 1.82) is 0 Å². The summed E-state index contributed by atoms with van der Waals surface area (Å²) in [7, 11) is 0. The first kappa shape index (κ1) is 14.3. The van der Waals surface area contributed by atoms with Gasteiger partial charge in [0.25, 0.3) is 0 Å². The van der Waals surface area contributed by atoms with Crippen molar-refractivity contribution < 1.29 is 9.90 Å². The molecule has 0 radical (unpaired) electrons. The van der Waals surface area contributed by atoms with Crippen LogP contribution in [0.15, 0.2) is 0 Å². The number of amides is 1. The zero-order chi connectivity index (χ0) is 12.8. The molecule has 1 amide bonds. The SMILES string of the molecule is C1CC1.CC(C)[C@@H]1CC[C@@H](C)C[C@H]1NC(=O)O. The first-order valence-corrected chi connectivity index (χ1v) is 7.00. The highest BCUT2D eigenvalue weighted by atomic mass is 16.4. The van der Waals surface area contributed by atoms with Crippen molar-refractivity contribution in [3.8, 4) is 0 Å². The molecule has 2 N–H and O–H groups in total. The van der Waals surface area contributed by atoms with Crippen LogP contribution in [0.5, 0.6) is 0 Å². The lowest BCUT2D eigenvalue weighted by atomic mass is 9.74. The molecule has 2 fully saturated rings. The van der Waals surface area contributed by atoms with Gasteiger partial charge in [0.1, 0.15) is 0 Å². The lowest BCUT2D eigenvalue weighted by molar-refractivity contribution is 0.147. The molecule has 0 spiro atoms. The van der Waals surface area contributed by atoms with Crippen LogP contribution in [-0.2, 0) is 0 Å². The molecule has 0 unspecified atom stereocenters. The lowest BCUT2D eigenvalue weighted by Crippen LogP contribution is -2.45. The highest BCUT2D eigenvalue weighted by Gasteiger charge is 2.31. The third-order valence-electron chi connectivity index (χ3n) is 3.68. The van der Waals surface area contributed by atoms with Crippen LogP contribution in [0.2, 0.25) is 0 Å². The van der Waals surface area contributed by atoms with Crippen LogP contribution < -0.4 is 5.32 Å². The van der Waals surface area contributed by atoms with Gasteiger partial charge in [-0.1, -0.05) is 46.5 Å². The van der Waals surface area contributed by atoms with E-state index in [9.17, 15) is 4.79 Å². The highest BCUT2D eigenvalue weighted by molar-refractivity contribution is 5.64. The summed E-state index contributed by atoms with van der Waals surface area (Å²) < 4.78 is 0. The Kier molecular flexibility index (Phi) is 5.79. The summed E-state index contributed by atoms with van der Waals surface area (Å²) >= 11 is 0. The summed E-state index contributed by atoms with van der Waals surface area (Å²) in [5, 5.41) is 11.4. The molecule has 0 aromatic heterocycles. The van der Waals surface area contributed by atoms with Gasteiger partial charge in [-0.2, -0.15) is 0 Å². The van der Waals surface area contributed by atoms with Crippen molar-refractivity contribution >= 4 is 6.09 Å². The van der Waals surface area contributed by atoms with Gasteiger partial charge in [0.05, 0.1) is 0 Å². The van der Waals surface area contributed by atoms with Crippen molar-refractivity contribution in [2.75, 3.05) is 0 Å². The first-order chi connectivity index (χ1) is 8.00. The van der Waals surface area contributed by atoms with E-state index in [1.165, 1.54) is 25.7 Å². The Hall–Kier alpha value is -0.730. The number of carboxylic acid groups (broad SMARTS) is 1. The van der Waals surface area contributed by atoms with Gasteiger partial charge in [0.2, 0.25) is 0 Å². The van der Waals surface area contributed by atoms with Gasteiger partial charge in [-0.3, -0.25) is 0 Å². The quantitative estimate of drug-likeness (QED) is 0.770. The minimum Gasteiger partial charge on any atom is -0.465 e. The van der Waals surface area contributed by atoms with Crippen LogP contribution in [0.1, 0.15) is 59.3 Å². The minimum absolute atomic E-state index is 0.163. The third-order valence-corrected chi connectivity index (χ3v) is 3.68. The van der Waals surface area contributed by atoms with Crippen molar-refractivity contribution in [3.05, 3.63) is 0 Å². The predicted molar refractivity (Wildman–Crippen MR) is 70.1 cm³/mol. The van der Waals surface area contributed by atoms with Gasteiger partial charge in [0, 0.05) is 6.04 Å². The number of carbonyl (C=O) groups is 1. The van der Waals surface area contributed by atoms with Crippen LogP contribution in [-0.4, -0.2) is 17.2 Å². The molecule has 2 saturated carbocycles. The second kappa shape index (κ2) is 6.87. The molecule has 2 rings (SSSR count). The molecule has 3 atom stereocenters. The van der Waals surface area contributed by atoms with Crippen LogP contribution >= 0.6 is 0 Å². The Bertz CT molecular complexity index is 236. The van der Waals surface area contributed by atoms with Crippen LogP contribution in [0, 0.1) is 17.8 Å². The highest BCUT2D eigenvalue weighted by Crippen LogP contribution is 2.33. The van der Waals surface area contributed by atoms with E-state index >= 15 is 0 Å². The average molecular weight is 241 g/mol. The van der Waals surface area contributed by atoms with E-state index in [0.29, 0.717) is 17.8 Å². The van der Waals surface area contributed by atoms with E-state index in [2.05, 4.69) is 26.1 Å². The molecular formula is C14H27NO2. The fraction of sp³-hybridized carbons (Fsp3) is 0.929. The zero-order valence-electron chi connectivity index (χ0n) is 11.4. The lowest BCUT2D eigenvalue weighted by Gasteiger charge is -2.37. The second-order valence-electron chi connectivity index (χ2n) is 5.94. The smallest absolute Gasteiger partial charge is 0.404 e. The third kappa shape index (κ3) is 5.94. The second-order valence-corrected chi connectivity index (χ2v) is 5.94. The number of nitrogens with one attached hydrogen (secondary N) is 1. The standard InChI is InChI=1S/C11H21NO2.C3H6/c1-7(2)9-5-4-8(3)6-10(9)12-11(13)14;1-2-3-1/h7-10,12H,4-6H2,1-3H3,(H,13,14);1-3H2/t8-,9+,10-;/m1./s1. The summed E-state index contributed by atoms with van der Waals surface area (Å²) in [5.41, 5.74) is 0. The monoisotopic (exact) mass is 241 g/mol. The van der Waals surface area contributed by atoms with Crippen molar-refractivity contribution in [2.45, 2.75) is 65.3 Å². The van der Waals surface area contributed by atoms with Gasteiger partial charge < -0.3 is 10.4 Å². The summed E-state index contributed by atoms with van der Waals surface area (Å²) in [6, 6.07) is 0.163. The molecule has 17 heavy (non-hydrogen) atoms. The van der Waals surface area contributed by atoms with E-state index in [-0.39, 0.29) is 6.04 Å². The fourth-order valence-electron chi connectivity index (χ4n) is 2.53. The largest absolute Gasteiger partial charge is 0.465 e. The molecule has 0 heterocycles. The van der Waals surface area contributed by atoms with Gasteiger partial charge in [-0.15, -0.1) is 0 Å². The van der Waals surface area contributed by atoms with Crippen molar-refractivity contribution in [3.63, 3.8) is 0 Å². The van der Waals surface area contributed by atoms with E-state index in [1.54, 1.807) is 0 Å². The molecular weight excluding hydrogens is 214 g/mol. The van der Waals surface area contributed by atoms with E-state index in [0.717, 1.165) is 12.8 Å². The fourth-order valence-corrected chi connectivity index (χ4v) is 2.53. The van der Waals surface area contributed by atoms with E-state index in [1.807, 2.05) is 0 Å². The Morgan fingerprint density at radius 2 is 1.82 bits per heavy atom. The predicted octanol–water partition coefficient (Wildman–Crippen LogP) is 3.89. The average Bonchev–Trinajstić information content (AvgIpc) is 3.02. The molecule has 3 nitrogen and oxygen atoms in total. The van der Waals surface area contributed by atoms with E-state index < -0.39 is 6.09 Å². The Balaban J connectivity index is 0.000000415. The summed E-state index contributed by atoms with van der Waals surface area (Å²) in [5.74, 6) is 1.74. The molecule has 0 aromatic rings. The molecule has 2 aliphatic carbocycles. The van der Waals surface area contributed by atoms with Gasteiger partial charge >= 0.3 is 6.09 Å². The Morgan fingerprint density at radius 3 is 2.24 bits per heavy atom. The summed E-state index contributed by atoms with van der Waals surface area (Å²) in [6.07, 6.45) is 7.01. The molecule has 0 saturated heterocycles. The number of hydrogen-bond donors (Lipinski definition) is 2. The summed E-state index contributed by atoms with van der Waals surface area (Å²) in [6.45, 7) is 6.56. The zero-order valence-corrected chi connectivity index (χ0v) is 11.4.